The Balaban J connectivity index is 1.55. The van der Waals surface area contributed by atoms with Crippen molar-refractivity contribution in [1.29, 1.82) is 5.26 Å². The van der Waals surface area contributed by atoms with E-state index in [1.165, 1.54) is 23.1 Å². The van der Waals surface area contributed by atoms with E-state index >= 15 is 0 Å². The first-order valence-corrected chi connectivity index (χ1v) is 14.3. The van der Waals surface area contributed by atoms with Crippen LogP contribution in [0.15, 0.2) is 63.7 Å². The molecular formula is C28H22ClN5O3S2. The van der Waals surface area contributed by atoms with Crippen molar-refractivity contribution in [2.75, 3.05) is 13.2 Å². The summed E-state index contributed by atoms with van der Waals surface area (Å²) in [6, 6.07) is 16.8. The number of fused-ring (bicyclic) bond motifs is 1. The minimum Gasteiger partial charge on any atom is -0.491 e. The number of thiazole rings is 1. The summed E-state index contributed by atoms with van der Waals surface area (Å²) < 4.78 is 5.47. The van der Waals surface area contributed by atoms with Crippen LogP contribution in [0.1, 0.15) is 24.0 Å². The number of aromatic amines is 1. The molecule has 0 amide bonds. The highest BCUT2D eigenvalue weighted by Crippen LogP contribution is 2.37. The van der Waals surface area contributed by atoms with Gasteiger partial charge in [0.2, 0.25) is 0 Å². The molecule has 2 aromatic carbocycles. The first-order valence-electron chi connectivity index (χ1n) is 12.0. The molecule has 0 saturated heterocycles. The molecule has 8 nitrogen and oxygen atoms in total. The Kier molecular flexibility index (Phi) is 8.24. The van der Waals surface area contributed by atoms with Gasteiger partial charge >= 0.3 is 0 Å². The number of ether oxygens (including phenoxy) is 1. The molecule has 196 valence electrons. The standard InChI is InChI=1S/C28H22ClN5O3S2/c1-2-22-32-25-24(26(36)33-22)23(16-5-9-20(10-6-16)37-12-11-35)21(13-30)28(34-25)39-15-19-14-38-27(31-19)17-3-7-18(29)8-4-17/h3-10,14,35H,2,11-12,15H2,1H3,(H,32,33,34,36). The summed E-state index contributed by atoms with van der Waals surface area (Å²) in [4.78, 5) is 29.9. The number of aryl methyl sites for hydroxylation is 1. The Hall–Kier alpha value is -3.75. The van der Waals surface area contributed by atoms with Crippen molar-refractivity contribution in [1.82, 2.24) is 19.9 Å². The van der Waals surface area contributed by atoms with E-state index in [-0.39, 0.29) is 29.8 Å². The van der Waals surface area contributed by atoms with E-state index in [9.17, 15) is 10.1 Å². The highest BCUT2D eigenvalue weighted by Gasteiger charge is 2.21. The maximum atomic E-state index is 13.2. The number of benzene rings is 2. The molecule has 0 radical (unpaired) electrons. The van der Waals surface area contributed by atoms with Gasteiger partial charge in [-0.15, -0.1) is 11.3 Å². The van der Waals surface area contributed by atoms with Crippen LogP contribution >= 0.6 is 34.7 Å². The summed E-state index contributed by atoms with van der Waals surface area (Å²) in [5.41, 5.74) is 3.18. The van der Waals surface area contributed by atoms with Gasteiger partial charge < -0.3 is 14.8 Å². The Morgan fingerprint density at radius 3 is 2.54 bits per heavy atom. The number of H-pyrrole nitrogens is 1. The lowest BCUT2D eigenvalue weighted by atomic mass is 9.98. The van der Waals surface area contributed by atoms with Crippen molar-refractivity contribution in [2.24, 2.45) is 0 Å². The third kappa shape index (κ3) is 5.82. The maximum absolute atomic E-state index is 13.2. The fraction of sp³-hybridized carbons (Fsp3) is 0.179. The van der Waals surface area contributed by atoms with Gasteiger partial charge in [0.05, 0.1) is 23.3 Å². The van der Waals surface area contributed by atoms with Crippen LogP contribution in [0, 0.1) is 11.3 Å². The van der Waals surface area contributed by atoms with Crippen molar-refractivity contribution in [3.63, 3.8) is 0 Å². The van der Waals surface area contributed by atoms with Crippen LogP contribution < -0.4 is 10.3 Å². The number of hydrogen-bond donors (Lipinski definition) is 2. The fourth-order valence-electron chi connectivity index (χ4n) is 3.98. The molecule has 3 heterocycles. The Morgan fingerprint density at radius 1 is 1.10 bits per heavy atom. The summed E-state index contributed by atoms with van der Waals surface area (Å²) in [6.45, 7) is 1.97. The van der Waals surface area contributed by atoms with Crippen molar-refractivity contribution in [3.05, 3.63) is 86.4 Å². The van der Waals surface area contributed by atoms with E-state index in [1.807, 2.05) is 36.6 Å². The zero-order chi connectivity index (χ0) is 27.4. The van der Waals surface area contributed by atoms with Crippen LogP contribution in [0.3, 0.4) is 0 Å². The van der Waals surface area contributed by atoms with Gasteiger partial charge in [-0.1, -0.05) is 54.6 Å². The largest absolute Gasteiger partial charge is 0.491 e. The smallest absolute Gasteiger partial charge is 0.261 e. The number of aliphatic hydroxyl groups is 1. The Morgan fingerprint density at radius 2 is 1.85 bits per heavy atom. The molecule has 0 bridgehead atoms. The van der Waals surface area contributed by atoms with Gasteiger partial charge in [-0.2, -0.15) is 5.26 Å². The number of nitrogens with zero attached hydrogens (tertiary/aromatic N) is 4. The quantitative estimate of drug-likeness (QED) is 0.209. The number of halogens is 1. The van der Waals surface area contributed by atoms with Crippen LogP contribution in [0.2, 0.25) is 5.02 Å². The summed E-state index contributed by atoms with van der Waals surface area (Å²) in [5.74, 6) is 1.57. The lowest BCUT2D eigenvalue weighted by Gasteiger charge is -2.13. The number of rotatable bonds is 9. The molecule has 0 aliphatic rings. The summed E-state index contributed by atoms with van der Waals surface area (Å²) in [5, 5.41) is 23.5. The van der Waals surface area contributed by atoms with Gasteiger partial charge in [0.25, 0.3) is 5.56 Å². The van der Waals surface area contributed by atoms with Crippen molar-refractivity contribution < 1.29 is 9.84 Å². The normalized spacial score (nSPS) is 11.0. The minimum absolute atomic E-state index is 0.100. The number of aliphatic hydroxyl groups excluding tert-OH is 1. The molecule has 0 saturated carbocycles. The number of nitrogens with one attached hydrogen (secondary N) is 1. The average molecular weight is 576 g/mol. The van der Waals surface area contributed by atoms with Crippen LogP contribution in [0.25, 0.3) is 32.7 Å². The van der Waals surface area contributed by atoms with E-state index in [0.717, 1.165) is 16.3 Å². The zero-order valence-corrected chi connectivity index (χ0v) is 23.2. The van der Waals surface area contributed by atoms with Crippen molar-refractivity contribution in [3.8, 4) is 33.5 Å². The summed E-state index contributed by atoms with van der Waals surface area (Å²) in [7, 11) is 0. The fourth-order valence-corrected chi connectivity index (χ4v) is 5.92. The summed E-state index contributed by atoms with van der Waals surface area (Å²) >= 11 is 8.92. The second-order valence-electron chi connectivity index (χ2n) is 8.38. The molecule has 0 aliphatic carbocycles. The van der Waals surface area contributed by atoms with Crippen LogP contribution in [0.4, 0.5) is 0 Å². The molecule has 0 atom stereocenters. The van der Waals surface area contributed by atoms with Crippen LogP contribution in [-0.4, -0.2) is 38.3 Å². The van der Waals surface area contributed by atoms with E-state index < -0.39 is 0 Å². The highest BCUT2D eigenvalue weighted by atomic mass is 35.5. The van der Waals surface area contributed by atoms with Crippen LogP contribution in [0.5, 0.6) is 5.75 Å². The molecule has 11 heteroatoms. The first-order chi connectivity index (χ1) is 19.0. The van der Waals surface area contributed by atoms with Crippen molar-refractivity contribution in [2.45, 2.75) is 24.1 Å². The predicted molar refractivity (Wildman–Crippen MR) is 154 cm³/mol. The number of aromatic nitrogens is 4. The van der Waals surface area contributed by atoms with Crippen LogP contribution in [-0.2, 0) is 12.2 Å². The monoisotopic (exact) mass is 575 g/mol. The number of thioether (sulfide) groups is 1. The van der Waals surface area contributed by atoms with Crippen molar-refractivity contribution >= 4 is 45.7 Å². The molecule has 2 N–H and O–H groups in total. The van der Waals surface area contributed by atoms with E-state index in [2.05, 4.69) is 21.0 Å². The second kappa shape index (κ2) is 12.0. The molecule has 0 spiro atoms. The lowest BCUT2D eigenvalue weighted by Crippen LogP contribution is -2.14. The molecule has 5 rings (SSSR count). The van der Waals surface area contributed by atoms with Gasteiger partial charge in [-0.25, -0.2) is 15.0 Å². The van der Waals surface area contributed by atoms with E-state index in [0.29, 0.717) is 50.5 Å². The van der Waals surface area contributed by atoms with E-state index in [4.69, 9.17) is 26.4 Å². The highest BCUT2D eigenvalue weighted by molar-refractivity contribution is 7.98. The van der Waals surface area contributed by atoms with Gasteiger partial charge in [-0.3, -0.25) is 4.79 Å². The molecule has 0 aliphatic heterocycles. The third-order valence-electron chi connectivity index (χ3n) is 5.82. The Labute approximate surface area is 237 Å². The average Bonchev–Trinajstić information content (AvgIpc) is 3.43. The molecule has 3 aromatic heterocycles. The molecule has 39 heavy (non-hydrogen) atoms. The van der Waals surface area contributed by atoms with Gasteiger partial charge in [-0.05, 0) is 29.8 Å². The topological polar surface area (TPSA) is 125 Å². The maximum Gasteiger partial charge on any atom is 0.261 e. The Bertz CT molecular complexity index is 1730. The predicted octanol–water partition coefficient (Wildman–Crippen LogP) is 5.86. The molecule has 5 aromatic rings. The molecule has 0 unspecified atom stereocenters. The number of nitriles is 1. The SMILES string of the molecule is CCc1nc2nc(SCc3csc(-c4ccc(Cl)cc4)n3)c(C#N)c(-c3ccc(OCCO)cc3)c2c(=O)[nH]1. The van der Waals surface area contributed by atoms with E-state index in [1.54, 1.807) is 24.3 Å². The lowest BCUT2D eigenvalue weighted by molar-refractivity contribution is 0.201. The second-order valence-corrected chi connectivity index (χ2v) is 10.6. The summed E-state index contributed by atoms with van der Waals surface area (Å²) in [6.07, 6.45) is 0.536. The molecular weight excluding hydrogens is 554 g/mol. The minimum atomic E-state index is -0.347. The van der Waals surface area contributed by atoms with Gasteiger partial charge in [0, 0.05) is 33.7 Å². The molecule has 0 fully saturated rings. The first kappa shape index (κ1) is 26.8. The number of pyridine rings is 1. The van der Waals surface area contributed by atoms with Gasteiger partial charge in [0.15, 0.2) is 5.65 Å². The van der Waals surface area contributed by atoms with Gasteiger partial charge in [0.1, 0.15) is 34.3 Å². The number of hydrogen-bond acceptors (Lipinski definition) is 9. The third-order valence-corrected chi connectivity index (χ3v) is 8.02. The zero-order valence-electron chi connectivity index (χ0n) is 20.8.